The summed E-state index contributed by atoms with van der Waals surface area (Å²) in [5.41, 5.74) is 3.34. The maximum atomic E-state index is 14.0. The molecular formula is C48H59N7O9S. The molecule has 0 bridgehead atoms. The molecule has 1 aromatic heterocycles. The van der Waals surface area contributed by atoms with Crippen molar-refractivity contribution in [3.63, 3.8) is 0 Å². The SMILES string of the molecule is CCN(C1CCC(C(=O)OC)CC1)S(=O)(=O)c1cccc(C(=O)Nc2ccc(N3CCCCC3)nc2C(=O)Nc2ccc(CCc3ccc(C(=O)NCCC(=O)NCCO)cc3)cc2)c1. The first kappa shape index (κ1) is 48.3. The number of hydrogen-bond acceptors (Lipinski definition) is 11. The molecule has 4 amide bonds. The van der Waals surface area contributed by atoms with Crippen LogP contribution in [0.4, 0.5) is 17.2 Å². The molecule has 16 nitrogen and oxygen atoms in total. The fourth-order valence-electron chi connectivity index (χ4n) is 8.27. The normalized spacial score (nSPS) is 16.3. The average Bonchev–Trinajstić information content (AvgIpc) is 3.33. The molecule has 65 heavy (non-hydrogen) atoms. The van der Waals surface area contributed by atoms with Crippen LogP contribution < -0.4 is 26.2 Å². The van der Waals surface area contributed by atoms with Crippen molar-refractivity contribution in [2.24, 2.45) is 5.92 Å². The molecule has 3 aromatic carbocycles. The minimum Gasteiger partial charge on any atom is -0.469 e. The Morgan fingerprint density at radius 3 is 2.09 bits per heavy atom. The minimum atomic E-state index is -4.00. The van der Waals surface area contributed by atoms with Crippen LogP contribution in [0, 0.1) is 5.92 Å². The number of piperidine rings is 1. The number of nitrogens with zero attached hydrogens (tertiary/aromatic N) is 3. The Balaban J connectivity index is 1.10. The van der Waals surface area contributed by atoms with Crippen LogP contribution in [0.25, 0.3) is 0 Å². The van der Waals surface area contributed by atoms with Crippen molar-refractivity contribution in [1.82, 2.24) is 19.9 Å². The Hall–Kier alpha value is -6.17. The molecule has 346 valence electrons. The molecule has 17 heteroatoms. The molecule has 4 aromatic rings. The van der Waals surface area contributed by atoms with Gasteiger partial charge in [0.25, 0.3) is 17.7 Å². The summed E-state index contributed by atoms with van der Waals surface area (Å²) in [4.78, 5) is 71.0. The van der Waals surface area contributed by atoms with Gasteiger partial charge in [0.1, 0.15) is 5.82 Å². The second kappa shape index (κ2) is 23.1. The van der Waals surface area contributed by atoms with Crippen LogP contribution >= 0.6 is 0 Å². The van der Waals surface area contributed by atoms with Gasteiger partial charge in [-0.15, -0.1) is 0 Å². The van der Waals surface area contributed by atoms with E-state index in [1.165, 1.54) is 35.7 Å². The number of aliphatic hydroxyl groups is 1. The number of carbonyl (C=O) groups excluding carboxylic acids is 5. The Morgan fingerprint density at radius 1 is 0.769 bits per heavy atom. The number of ether oxygens (including phenoxy) is 1. The predicted octanol–water partition coefficient (Wildman–Crippen LogP) is 5.33. The Morgan fingerprint density at radius 2 is 1.45 bits per heavy atom. The second-order valence-corrected chi connectivity index (χ2v) is 18.2. The van der Waals surface area contributed by atoms with Crippen LogP contribution in [-0.2, 0) is 37.2 Å². The molecule has 0 spiro atoms. The van der Waals surface area contributed by atoms with E-state index in [4.69, 9.17) is 14.8 Å². The minimum absolute atomic E-state index is 0.00895. The molecule has 1 saturated heterocycles. The van der Waals surface area contributed by atoms with E-state index < -0.39 is 21.8 Å². The molecule has 5 N–H and O–H groups in total. The number of carbonyl (C=O) groups is 5. The highest BCUT2D eigenvalue weighted by Crippen LogP contribution is 2.32. The largest absolute Gasteiger partial charge is 0.469 e. The smallest absolute Gasteiger partial charge is 0.308 e. The molecule has 1 aliphatic carbocycles. The summed E-state index contributed by atoms with van der Waals surface area (Å²) in [5, 5.41) is 19.8. The van der Waals surface area contributed by atoms with Gasteiger partial charge in [0, 0.05) is 62.0 Å². The van der Waals surface area contributed by atoms with Gasteiger partial charge >= 0.3 is 5.97 Å². The van der Waals surface area contributed by atoms with E-state index in [9.17, 15) is 32.4 Å². The zero-order valence-electron chi connectivity index (χ0n) is 37.0. The zero-order chi connectivity index (χ0) is 46.3. The van der Waals surface area contributed by atoms with Crippen molar-refractivity contribution < 1.29 is 42.2 Å². The Bertz CT molecular complexity index is 2400. The van der Waals surface area contributed by atoms with E-state index in [2.05, 4.69) is 26.2 Å². The standard InChI is InChI=1S/C48H59N7O9S/c1-3-55(39-22-18-36(19-23-39)48(61)64-2)65(62,63)40-9-7-8-37(32-40)46(59)52-41-24-25-42(54-29-5-4-6-30-54)53-44(41)47(60)51-38-20-14-34(15-21-38)11-10-33-12-16-35(17-13-33)45(58)50-27-26-43(57)49-28-31-56/h7-9,12-17,20-21,24-25,32,36,39,56H,3-6,10-11,18-19,22-23,26-31H2,1-2H3,(H,49,57)(H,50,58)(H,51,60)(H,52,59). The number of sulfonamides is 1. The number of hydrogen-bond donors (Lipinski definition) is 5. The number of pyridine rings is 1. The van der Waals surface area contributed by atoms with Gasteiger partial charge in [-0.2, -0.15) is 4.31 Å². The summed E-state index contributed by atoms with van der Waals surface area (Å²) in [6.07, 6.45) is 6.72. The number of benzene rings is 3. The van der Waals surface area contributed by atoms with Crippen LogP contribution in [-0.4, -0.2) is 105 Å². The van der Waals surface area contributed by atoms with Gasteiger partial charge in [-0.3, -0.25) is 24.0 Å². The molecule has 2 aliphatic rings. The van der Waals surface area contributed by atoms with E-state index >= 15 is 0 Å². The summed E-state index contributed by atoms with van der Waals surface area (Å²) in [7, 11) is -2.65. The highest BCUT2D eigenvalue weighted by molar-refractivity contribution is 7.89. The van der Waals surface area contributed by atoms with E-state index in [1.807, 2.05) is 24.3 Å². The number of esters is 1. The predicted molar refractivity (Wildman–Crippen MR) is 247 cm³/mol. The lowest BCUT2D eigenvalue weighted by atomic mass is 9.86. The number of anilines is 3. The Labute approximate surface area is 380 Å². The van der Waals surface area contributed by atoms with Gasteiger partial charge in [0.05, 0.1) is 30.2 Å². The fraction of sp³-hybridized carbons (Fsp3) is 0.417. The van der Waals surface area contributed by atoms with E-state index in [1.54, 1.807) is 43.3 Å². The van der Waals surface area contributed by atoms with Gasteiger partial charge in [-0.05, 0) is 124 Å². The van der Waals surface area contributed by atoms with Crippen molar-refractivity contribution in [3.8, 4) is 0 Å². The van der Waals surface area contributed by atoms with Gasteiger partial charge < -0.3 is 36.0 Å². The summed E-state index contributed by atoms with van der Waals surface area (Å²) >= 11 is 0. The van der Waals surface area contributed by atoms with Crippen LogP contribution in [0.3, 0.4) is 0 Å². The maximum Gasteiger partial charge on any atom is 0.308 e. The third kappa shape index (κ3) is 13.0. The van der Waals surface area contributed by atoms with Crippen LogP contribution in [0.1, 0.15) is 101 Å². The van der Waals surface area contributed by atoms with Crippen molar-refractivity contribution in [2.75, 3.05) is 62.0 Å². The Kier molecular flexibility index (Phi) is 17.2. The van der Waals surface area contributed by atoms with Crippen molar-refractivity contribution >= 4 is 56.8 Å². The molecule has 6 rings (SSSR count). The van der Waals surface area contributed by atoms with E-state index in [0.29, 0.717) is 55.6 Å². The highest BCUT2D eigenvalue weighted by Gasteiger charge is 2.35. The van der Waals surface area contributed by atoms with Gasteiger partial charge in [-0.25, -0.2) is 13.4 Å². The summed E-state index contributed by atoms with van der Waals surface area (Å²) in [6, 6.07) is 23.7. The van der Waals surface area contributed by atoms with Crippen LogP contribution in [0.15, 0.2) is 89.8 Å². The van der Waals surface area contributed by atoms with Crippen LogP contribution in [0.2, 0.25) is 0 Å². The molecule has 2 heterocycles. The van der Waals surface area contributed by atoms with Crippen LogP contribution in [0.5, 0.6) is 0 Å². The van der Waals surface area contributed by atoms with Gasteiger partial charge in [-0.1, -0.05) is 37.3 Å². The molecule has 1 aliphatic heterocycles. The molecule has 0 atom stereocenters. The van der Waals surface area contributed by atoms with Crippen molar-refractivity contribution in [3.05, 3.63) is 113 Å². The molecular weight excluding hydrogens is 851 g/mol. The van der Waals surface area contributed by atoms with E-state index in [0.717, 1.165) is 43.5 Å². The lowest BCUT2D eigenvalue weighted by molar-refractivity contribution is -0.146. The lowest BCUT2D eigenvalue weighted by Gasteiger charge is -2.34. The lowest BCUT2D eigenvalue weighted by Crippen LogP contribution is -2.43. The first-order valence-electron chi connectivity index (χ1n) is 22.3. The number of aliphatic hydroxyl groups excluding tert-OH is 1. The number of methoxy groups -OCH3 is 1. The number of nitrogens with one attached hydrogen (secondary N) is 4. The van der Waals surface area contributed by atoms with Crippen molar-refractivity contribution in [2.45, 2.75) is 82.1 Å². The summed E-state index contributed by atoms with van der Waals surface area (Å²) in [5.74, 6) is -1.58. The zero-order valence-corrected chi connectivity index (χ0v) is 37.8. The first-order chi connectivity index (χ1) is 31.4. The quantitative estimate of drug-likeness (QED) is 0.0758. The molecule has 1 saturated carbocycles. The third-order valence-electron chi connectivity index (χ3n) is 11.9. The molecule has 0 radical (unpaired) electrons. The monoisotopic (exact) mass is 909 g/mol. The number of amides is 4. The highest BCUT2D eigenvalue weighted by atomic mass is 32.2. The fourth-order valence-corrected chi connectivity index (χ4v) is 10.0. The summed E-state index contributed by atoms with van der Waals surface area (Å²) < 4.78 is 34.3. The first-order valence-corrected chi connectivity index (χ1v) is 23.8. The van der Waals surface area contributed by atoms with Gasteiger partial charge in [0.15, 0.2) is 5.69 Å². The average molecular weight is 910 g/mol. The molecule has 0 unspecified atom stereocenters. The number of rotatable bonds is 19. The number of aromatic nitrogens is 1. The summed E-state index contributed by atoms with van der Waals surface area (Å²) in [6.45, 7) is 3.78. The number of aryl methyl sites for hydroxylation is 2. The maximum absolute atomic E-state index is 14.0. The molecule has 2 fully saturated rings. The van der Waals surface area contributed by atoms with Crippen molar-refractivity contribution in [1.29, 1.82) is 0 Å². The second-order valence-electron chi connectivity index (χ2n) is 16.3. The topological polar surface area (TPSA) is 216 Å². The third-order valence-corrected chi connectivity index (χ3v) is 13.9. The van der Waals surface area contributed by atoms with Gasteiger partial charge in [0.2, 0.25) is 15.9 Å². The van der Waals surface area contributed by atoms with E-state index in [-0.39, 0.29) is 84.2 Å².